The average Bonchev–Trinajstić information content (AvgIpc) is 2.58. The standard InChI is InChI=1S/C16H19N5O4S/c1-9-3-4-10(2)12(7-9)18-13(22)8-26-16-20-19-11(5-6-14(23)24)15(25)21(16)17/h3-4,7H,5-6,8,17H2,1-2H3,(H,18,22)(H,23,24)/p-1. The van der Waals surface area contributed by atoms with Gasteiger partial charge in [-0.3, -0.25) is 9.59 Å². The summed E-state index contributed by atoms with van der Waals surface area (Å²) in [4.78, 5) is 34.6. The Bertz CT molecular complexity index is 897. The van der Waals surface area contributed by atoms with Gasteiger partial charge in [0.15, 0.2) is 0 Å². The van der Waals surface area contributed by atoms with Crippen molar-refractivity contribution in [3.63, 3.8) is 0 Å². The van der Waals surface area contributed by atoms with Crippen molar-refractivity contribution in [1.29, 1.82) is 0 Å². The van der Waals surface area contributed by atoms with Crippen molar-refractivity contribution in [3.8, 4) is 0 Å². The third kappa shape index (κ3) is 5.06. The topological polar surface area (TPSA) is 143 Å². The van der Waals surface area contributed by atoms with Crippen molar-refractivity contribution < 1.29 is 14.7 Å². The molecule has 0 bridgehead atoms. The average molecular weight is 376 g/mol. The fourth-order valence-electron chi connectivity index (χ4n) is 2.08. The van der Waals surface area contributed by atoms with Crippen LogP contribution in [0.5, 0.6) is 0 Å². The normalized spacial score (nSPS) is 10.5. The number of carboxylic acids is 1. The molecule has 138 valence electrons. The van der Waals surface area contributed by atoms with E-state index in [4.69, 9.17) is 5.84 Å². The van der Waals surface area contributed by atoms with Gasteiger partial charge in [0.1, 0.15) is 5.69 Å². The van der Waals surface area contributed by atoms with Gasteiger partial charge in [-0.15, -0.1) is 10.2 Å². The summed E-state index contributed by atoms with van der Waals surface area (Å²) in [5, 5.41) is 20.8. The Labute approximate surface area is 153 Å². The summed E-state index contributed by atoms with van der Waals surface area (Å²) in [6.07, 6.45) is -0.474. The molecule has 0 aliphatic carbocycles. The highest BCUT2D eigenvalue weighted by atomic mass is 32.2. The van der Waals surface area contributed by atoms with E-state index in [9.17, 15) is 19.5 Å². The van der Waals surface area contributed by atoms with Crippen LogP contribution >= 0.6 is 11.8 Å². The minimum Gasteiger partial charge on any atom is -0.550 e. The number of aliphatic carboxylic acids is 1. The molecule has 0 spiro atoms. The number of carbonyl (C=O) groups is 2. The molecule has 1 heterocycles. The van der Waals surface area contributed by atoms with E-state index in [1.54, 1.807) is 0 Å². The van der Waals surface area contributed by atoms with Crippen molar-refractivity contribution in [2.75, 3.05) is 16.9 Å². The van der Waals surface area contributed by atoms with Gasteiger partial charge < -0.3 is 21.1 Å². The molecule has 1 aromatic heterocycles. The zero-order valence-corrected chi connectivity index (χ0v) is 15.1. The van der Waals surface area contributed by atoms with E-state index < -0.39 is 11.5 Å². The van der Waals surface area contributed by atoms with Gasteiger partial charge in [-0.05, 0) is 37.5 Å². The molecule has 10 heteroatoms. The number of amides is 1. The highest BCUT2D eigenvalue weighted by Crippen LogP contribution is 2.18. The number of carboxylic acid groups (broad SMARTS) is 1. The highest BCUT2D eigenvalue weighted by molar-refractivity contribution is 7.99. The largest absolute Gasteiger partial charge is 0.550 e. The van der Waals surface area contributed by atoms with Gasteiger partial charge in [0.2, 0.25) is 11.1 Å². The van der Waals surface area contributed by atoms with Crippen LogP contribution in [-0.4, -0.2) is 32.5 Å². The maximum atomic E-state index is 12.1. The van der Waals surface area contributed by atoms with Crippen LogP contribution in [0.15, 0.2) is 28.2 Å². The zero-order chi connectivity index (χ0) is 19.3. The number of benzene rings is 1. The van der Waals surface area contributed by atoms with Crippen molar-refractivity contribution in [2.24, 2.45) is 0 Å². The summed E-state index contributed by atoms with van der Waals surface area (Å²) >= 11 is 0.955. The lowest BCUT2D eigenvalue weighted by Crippen LogP contribution is -2.34. The molecule has 26 heavy (non-hydrogen) atoms. The number of hydrogen-bond acceptors (Lipinski definition) is 8. The van der Waals surface area contributed by atoms with E-state index in [1.807, 2.05) is 32.0 Å². The molecule has 2 rings (SSSR count). The highest BCUT2D eigenvalue weighted by Gasteiger charge is 2.13. The second-order valence-electron chi connectivity index (χ2n) is 5.63. The molecule has 0 radical (unpaired) electrons. The van der Waals surface area contributed by atoms with Gasteiger partial charge in [-0.1, -0.05) is 23.9 Å². The number of nitrogen functional groups attached to an aromatic ring is 1. The molecule has 1 amide bonds. The third-order valence-electron chi connectivity index (χ3n) is 3.49. The van der Waals surface area contributed by atoms with Crippen LogP contribution in [0.3, 0.4) is 0 Å². The molecule has 9 nitrogen and oxygen atoms in total. The third-order valence-corrected chi connectivity index (χ3v) is 4.44. The van der Waals surface area contributed by atoms with Crippen LogP contribution in [0.1, 0.15) is 23.2 Å². The first-order valence-corrected chi connectivity index (χ1v) is 8.70. The van der Waals surface area contributed by atoms with Crippen LogP contribution in [0.25, 0.3) is 0 Å². The Hall–Kier alpha value is -2.88. The summed E-state index contributed by atoms with van der Waals surface area (Å²) < 4.78 is 0.757. The number of nitrogens with one attached hydrogen (secondary N) is 1. The van der Waals surface area contributed by atoms with Gasteiger partial charge in [0.25, 0.3) is 5.56 Å². The summed E-state index contributed by atoms with van der Waals surface area (Å²) in [6, 6.07) is 5.72. The summed E-state index contributed by atoms with van der Waals surface area (Å²) in [5.41, 5.74) is 1.94. The number of rotatable bonds is 7. The maximum absolute atomic E-state index is 12.1. The van der Waals surface area contributed by atoms with E-state index >= 15 is 0 Å². The fourth-order valence-corrected chi connectivity index (χ4v) is 2.74. The Kier molecular flexibility index (Phi) is 6.34. The molecule has 3 N–H and O–H groups in total. The van der Waals surface area contributed by atoms with Crippen molar-refractivity contribution in [3.05, 3.63) is 45.4 Å². The van der Waals surface area contributed by atoms with Gasteiger partial charge in [-0.2, -0.15) is 4.68 Å². The summed E-state index contributed by atoms with van der Waals surface area (Å²) in [5.74, 6) is 4.07. The molecule has 0 atom stereocenters. The minimum atomic E-state index is -1.30. The van der Waals surface area contributed by atoms with E-state index in [0.717, 1.165) is 27.6 Å². The van der Waals surface area contributed by atoms with Crippen molar-refractivity contribution in [1.82, 2.24) is 14.9 Å². The number of carbonyl (C=O) groups excluding carboxylic acids is 2. The predicted molar refractivity (Wildman–Crippen MR) is 95.0 cm³/mol. The minimum absolute atomic E-state index is 0.0168. The van der Waals surface area contributed by atoms with Crippen molar-refractivity contribution in [2.45, 2.75) is 31.8 Å². The first-order valence-electron chi connectivity index (χ1n) is 7.71. The zero-order valence-electron chi connectivity index (χ0n) is 14.3. The molecule has 0 saturated heterocycles. The number of hydrogen-bond donors (Lipinski definition) is 2. The second-order valence-corrected chi connectivity index (χ2v) is 6.57. The van der Waals surface area contributed by atoms with Crippen LogP contribution in [-0.2, 0) is 16.0 Å². The second kappa shape index (κ2) is 8.48. The van der Waals surface area contributed by atoms with Gasteiger partial charge in [-0.25, -0.2) is 0 Å². The predicted octanol–water partition coefficient (Wildman–Crippen LogP) is -0.618. The van der Waals surface area contributed by atoms with Crippen LogP contribution < -0.4 is 21.8 Å². The molecule has 0 unspecified atom stereocenters. The van der Waals surface area contributed by atoms with Crippen molar-refractivity contribution >= 4 is 29.3 Å². The van der Waals surface area contributed by atoms with Gasteiger partial charge >= 0.3 is 0 Å². The number of aryl methyl sites for hydroxylation is 3. The number of nitrogens with zero attached hydrogens (tertiary/aromatic N) is 3. The number of nitrogens with two attached hydrogens (primary N) is 1. The number of aromatic nitrogens is 3. The number of thioether (sulfide) groups is 1. The smallest absolute Gasteiger partial charge is 0.294 e. The van der Waals surface area contributed by atoms with E-state index in [1.165, 1.54) is 0 Å². The van der Waals surface area contributed by atoms with Gasteiger partial charge in [0.05, 0.1) is 5.75 Å². The van der Waals surface area contributed by atoms with E-state index in [-0.39, 0.29) is 35.4 Å². The SMILES string of the molecule is Cc1ccc(C)c(NC(=O)CSc2nnc(CCC(=O)[O-])c(=O)n2N)c1. The molecule has 1 aromatic carbocycles. The Morgan fingerprint density at radius 2 is 2.04 bits per heavy atom. The van der Waals surface area contributed by atoms with Crippen LogP contribution in [0, 0.1) is 13.8 Å². The molecular formula is C16H18N5O4S-. The van der Waals surface area contributed by atoms with Crippen LogP contribution in [0.2, 0.25) is 0 Å². The lowest BCUT2D eigenvalue weighted by atomic mass is 10.1. The van der Waals surface area contributed by atoms with E-state index in [0.29, 0.717) is 5.69 Å². The lowest BCUT2D eigenvalue weighted by molar-refractivity contribution is -0.305. The maximum Gasteiger partial charge on any atom is 0.294 e. The molecular weight excluding hydrogens is 358 g/mol. The lowest BCUT2D eigenvalue weighted by Gasteiger charge is -2.10. The first kappa shape index (κ1) is 19.4. The Morgan fingerprint density at radius 3 is 2.73 bits per heavy atom. The monoisotopic (exact) mass is 376 g/mol. The molecule has 0 aliphatic rings. The molecule has 0 fully saturated rings. The van der Waals surface area contributed by atoms with Gasteiger partial charge in [0, 0.05) is 18.1 Å². The fraction of sp³-hybridized carbons (Fsp3) is 0.312. The summed E-state index contributed by atoms with van der Waals surface area (Å²) in [6.45, 7) is 3.81. The quantitative estimate of drug-likeness (QED) is 0.481. The first-order chi connectivity index (χ1) is 12.3. The van der Waals surface area contributed by atoms with Crippen LogP contribution in [0.4, 0.5) is 5.69 Å². The Morgan fingerprint density at radius 1 is 1.31 bits per heavy atom. The Balaban J connectivity index is 2.01. The number of anilines is 1. The van der Waals surface area contributed by atoms with E-state index in [2.05, 4.69) is 15.5 Å². The molecule has 2 aromatic rings. The molecule has 0 saturated carbocycles. The summed E-state index contributed by atoms with van der Waals surface area (Å²) in [7, 11) is 0. The molecule has 0 aliphatic heterocycles.